The minimum absolute atomic E-state index is 0.145. The zero-order chi connectivity index (χ0) is 10.6. The van der Waals surface area contributed by atoms with E-state index in [1.165, 1.54) is 12.1 Å². The molecule has 14 heavy (non-hydrogen) atoms. The molecule has 0 amide bonds. The highest BCUT2D eigenvalue weighted by Gasteiger charge is 2.12. The maximum absolute atomic E-state index is 13.3. The maximum atomic E-state index is 13.3. The summed E-state index contributed by atoms with van der Waals surface area (Å²) in [5.41, 5.74) is 0.466. The molecule has 1 nitrogen and oxygen atoms in total. The van der Waals surface area contributed by atoms with Crippen LogP contribution in [0.15, 0.2) is 30.9 Å². The zero-order valence-corrected chi connectivity index (χ0v) is 8.06. The lowest BCUT2D eigenvalue weighted by Gasteiger charge is -2.15. The van der Waals surface area contributed by atoms with E-state index in [4.69, 9.17) is 0 Å². The first-order valence-corrected chi connectivity index (χ1v) is 4.42. The summed E-state index contributed by atoms with van der Waals surface area (Å²) in [4.78, 5) is 0. The molecule has 0 spiro atoms. The summed E-state index contributed by atoms with van der Waals surface area (Å²) in [5, 5.41) is 2.95. The third-order valence-corrected chi connectivity index (χ3v) is 2.09. The molecule has 0 aliphatic carbocycles. The van der Waals surface area contributed by atoms with Crippen LogP contribution in [0.3, 0.4) is 0 Å². The number of hydrogen-bond donors (Lipinski definition) is 1. The van der Waals surface area contributed by atoms with Crippen molar-refractivity contribution in [2.24, 2.45) is 0 Å². The van der Waals surface area contributed by atoms with Gasteiger partial charge in [-0.25, -0.2) is 8.78 Å². The van der Waals surface area contributed by atoms with Crippen molar-refractivity contribution in [3.05, 3.63) is 48.1 Å². The maximum Gasteiger partial charge on any atom is 0.130 e. The molecule has 1 aromatic carbocycles. The third kappa shape index (κ3) is 2.39. The third-order valence-electron chi connectivity index (χ3n) is 2.09. The van der Waals surface area contributed by atoms with Gasteiger partial charge in [0.15, 0.2) is 0 Å². The van der Waals surface area contributed by atoms with E-state index in [9.17, 15) is 8.78 Å². The molecule has 0 fully saturated rings. The van der Waals surface area contributed by atoms with Gasteiger partial charge in [-0.3, -0.25) is 0 Å². The molecule has 0 radical (unpaired) electrons. The Morgan fingerprint density at radius 1 is 1.50 bits per heavy atom. The Kier molecular flexibility index (Phi) is 3.77. The molecule has 0 saturated carbocycles. The van der Waals surface area contributed by atoms with E-state index in [2.05, 4.69) is 11.9 Å². The van der Waals surface area contributed by atoms with Crippen LogP contribution in [0.25, 0.3) is 0 Å². The molecule has 1 unspecified atom stereocenters. The summed E-state index contributed by atoms with van der Waals surface area (Å²) in [6.45, 7) is 3.58. The van der Waals surface area contributed by atoms with Gasteiger partial charge in [0.25, 0.3) is 0 Å². The first-order valence-electron chi connectivity index (χ1n) is 4.42. The summed E-state index contributed by atoms with van der Waals surface area (Å²) >= 11 is 0. The van der Waals surface area contributed by atoms with E-state index >= 15 is 0 Å². The zero-order valence-electron chi connectivity index (χ0n) is 8.06. The van der Waals surface area contributed by atoms with E-state index in [-0.39, 0.29) is 6.04 Å². The number of rotatable bonds is 4. The molecule has 0 aliphatic rings. The highest BCUT2D eigenvalue weighted by atomic mass is 19.1. The summed E-state index contributed by atoms with van der Waals surface area (Å²) in [6.07, 6.45) is 2.31. The normalized spacial score (nSPS) is 12.5. The monoisotopic (exact) mass is 197 g/mol. The summed E-state index contributed by atoms with van der Waals surface area (Å²) in [5.74, 6) is -1.08. The van der Waals surface area contributed by atoms with Crippen LogP contribution in [0.5, 0.6) is 0 Å². The van der Waals surface area contributed by atoms with Gasteiger partial charge in [-0.05, 0) is 19.5 Å². The Labute approximate surface area is 82.4 Å². The number of nitrogens with one attached hydrogen (secondary N) is 1. The highest BCUT2D eigenvalue weighted by molar-refractivity contribution is 5.22. The van der Waals surface area contributed by atoms with Crippen molar-refractivity contribution >= 4 is 0 Å². The van der Waals surface area contributed by atoms with Gasteiger partial charge in [-0.1, -0.05) is 12.1 Å². The topological polar surface area (TPSA) is 12.0 Å². The average Bonchev–Trinajstić information content (AvgIpc) is 2.15. The number of hydrogen-bond acceptors (Lipinski definition) is 1. The van der Waals surface area contributed by atoms with Crippen LogP contribution in [-0.4, -0.2) is 7.05 Å². The van der Waals surface area contributed by atoms with Crippen molar-refractivity contribution in [2.75, 3.05) is 7.05 Å². The molecule has 1 aromatic rings. The van der Waals surface area contributed by atoms with Gasteiger partial charge >= 0.3 is 0 Å². The van der Waals surface area contributed by atoms with Crippen LogP contribution in [-0.2, 0) is 0 Å². The lowest BCUT2D eigenvalue weighted by molar-refractivity contribution is 0.526. The fraction of sp³-hybridized carbons (Fsp3) is 0.273. The lowest BCUT2D eigenvalue weighted by atomic mass is 10.0. The van der Waals surface area contributed by atoms with Crippen LogP contribution in [0.4, 0.5) is 8.78 Å². The second-order valence-corrected chi connectivity index (χ2v) is 3.03. The second-order valence-electron chi connectivity index (χ2n) is 3.03. The molecule has 3 heteroatoms. The molecule has 1 N–H and O–H groups in total. The van der Waals surface area contributed by atoms with E-state index in [0.29, 0.717) is 12.0 Å². The van der Waals surface area contributed by atoms with Gasteiger partial charge in [0.1, 0.15) is 11.6 Å². The standard InChI is InChI=1S/C11H13F2N/c1-3-4-11(14-2)9-6-5-8(12)7-10(9)13/h3,5-7,11,14H,1,4H2,2H3. The minimum atomic E-state index is -0.556. The first-order chi connectivity index (χ1) is 6.69. The van der Waals surface area contributed by atoms with E-state index in [1.807, 2.05) is 0 Å². The molecule has 1 atom stereocenters. The number of halogens is 2. The average molecular weight is 197 g/mol. The molecule has 0 saturated heterocycles. The van der Waals surface area contributed by atoms with Crippen LogP contribution in [0.1, 0.15) is 18.0 Å². The molecular formula is C11H13F2N. The van der Waals surface area contributed by atoms with Crippen LogP contribution in [0.2, 0.25) is 0 Å². The molecule has 0 bridgehead atoms. The molecule has 0 aromatic heterocycles. The van der Waals surface area contributed by atoms with Crippen molar-refractivity contribution in [3.63, 3.8) is 0 Å². The molecule has 0 heterocycles. The highest BCUT2D eigenvalue weighted by Crippen LogP contribution is 2.20. The SMILES string of the molecule is C=CCC(NC)c1ccc(F)cc1F. The Hall–Kier alpha value is -1.22. The predicted octanol–water partition coefficient (Wildman–Crippen LogP) is 2.80. The van der Waals surface area contributed by atoms with Crippen molar-refractivity contribution in [1.29, 1.82) is 0 Å². The van der Waals surface area contributed by atoms with Crippen molar-refractivity contribution in [1.82, 2.24) is 5.32 Å². The van der Waals surface area contributed by atoms with E-state index < -0.39 is 11.6 Å². The van der Waals surface area contributed by atoms with Crippen molar-refractivity contribution in [2.45, 2.75) is 12.5 Å². The quantitative estimate of drug-likeness (QED) is 0.732. The van der Waals surface area contributed by atoms with E-state index in [0.717, 1.165) is 6.07 Å². The Morgan fingerprint density at radius 2 is 2.21 bits per heavy atom. The molecule has 1 rings (SSSR count). The largest absolute Gasteiger partial charge is 0.313 e. The summed E-state index contributed by atoms with van der Waals surface area (Å²) in [7, 11) is 1.73. The van der Waals surface area contributed by atoms with E-state index in [1.54, 1.807) is 13.1 Å². The second kappa shape index (κ2) is 4.86. The lowest BCUT2D eigenvalue weighted by Crippen LogP contribution is -2.16. The molecular weight excluding hydrogens is 184 g/mol. The Bertz CT molecular complexity index is 323. The van der Waals surface area contributed by atoms with Crippen LogP contribution in [0, 0.1) is 11.6 Å². The smallest absolute Gasteiger partial charge is 0.130 e. The van der Waals surface area contributed by atoms with Gasteiger partial charge in [-0.2, -0.15) is 0 Å². The minimum Gasteiger partial charge on any atom is -0.313 e. The Balaban J connectivity index is 2.97. The number of benzene rings is 1. The van der Waals surface area contributed by atoms with Crippen LogP contribution < -0.4 is 5.32 Å². The Morgan fingerprint density at radius 3 is 2.71 bits per heavy atom. The van der Waals surface area contributed by atoms with Crippen molar-refractivity contribution in [3.8, 4) is 0 Å². The van der Waals surface area contributed by atoms with Crippen molar-refractivity contribution < 1.29 is 8.78 Å². The summed E-state index contributed by atoms with van der Waals surface area (Å²) in [6, 6.07) is 3.46. The fourth-order valence-electron chi connectivity index (χ4n) is 1.35. The summed E-state index contributed by atoms with van der Waals surface area (Å²) < 4.78 is 25.9. The first kappa shape index (κ1) is 10.9. The fourth-order valence-corrected chi connectivity index (χ4v) is 1.35. The van der Waals surface area contributed by atoms with Gasteiger partial charge in [0.05, 0.1) is 0 Å². The predicted molar refractivity (Wildman–Crippen MR) is 53.0 cm³/mol. The molecule has 0 aliphatic heterocycles. The van der Waals surface area contributed by atoms with Gasteiger partial charge < -0.3 is 5.32 Å². The molecule has 76 valence electrons. The van der Waals surface area contributed by atoms with Gasteiger partial charge in [-0.15, -0.1) is 6.58 Å². The van der Waals surface area contributed by atoms with Gasteiger partial charge in [0.2, 0.25) is 0 Å². The van der Waals surface area contributed by atoms with Gasteiger partial charge in [0, 0.05) is 17.7 Å². The van der Waals surface area contributed by atoms with Crippen LogP contribution >= 0.6 is 0 Å².